The third-order valence-electron chi connectivity index (χ3n) is 3.77. The minimum atomic E-state index is -0.480. The number of anilines is 1. The number of thiazole rings is 1. The van der Waals surface area contributed by atoms with Crippen molar-refractivity contribution in [2.24, 2.45) is 0 Å². The molecule has 0 aliphatic carbocycles. The number of pyridine rings is 1. The molecular weight excluding hydrogens is 367 g/mol. The number of rotatable bonds is 4. The van der Waals surface area contributed by atoms with Gasteiger partial charge in [0.05, 0.1) is 16.3 Å². The van der Waals surface area contributed by atoms with Gasteiger partial charge in [0.15, 0.2) is 5.13 Å². The lowest BCUT2D eigenvalue weighted by Gasteiger charge is -1.96. The average molecular weight is 380 g/mol. The Morgan fingerprint density at radius 3 is 2.81 bits per heavy atom. The quantitative estimate of drug-likeness (QED) is 0.561. The lowest BCUT2D eigenvalue weighted by atomic mass is 10.1. The van der Waals surface area contributed by atoms with Crippen molar-refractivity contribution in [3.8, 4) is 21.8 Å². The maximum absolute atomic E-state index is 13.3. The average Bonchev–Trinajstić information content (AvgIpc) is 3.29. The van der Waals surface area contributed by atoms with E-state index in [0.29, 0.717) is 16.4 Å². The van der Waals surface area contributed by atoms with Gasteiger partial charge in [-0.1, -0.05) is 34.7 Å². The van der Waals surface area contributed by atoms with Crippen LogP contribution in [0.2, 0.25) is 0 Å². The van der Waals surface area contributed by atoms with Crippen molar-refractivity contribution < 1.29 is 13.7 Å². The number of benzene rings is 1. The monoisotopic (exact) mass is 380 g/mol. The molecule has 3 heterocycles. The van der Waals surface area contributed by atoms with Gasteiger partial charge < -0.3 is 4.52 Å². The standard InChI is InChI=1S/C19H13FN4O2S/c1-11-17(14-7-2-3-8-21-14)27-19(22-11)23-18(25)16-10-15(24-26-16)12-5-4-6-13(20)9-12/h2-10H,1H3,(H,22,23,25). The normalized spacial score (nSPS) is 10.7. The Kier molecular flexibility index (Phi) is 4.47. The molecule has 0 saturated heterocycles. The highest BCUT2D eigenvalue weighted by Gasteiger charge is 2.18. The van der Waals surface area contributed by atoms with Crippen LogP contribution in [0.4, 0.5) is 9.52 Å². The molecule has 0 aliphatic heterocycles. The summed E-state index contributed by atoms with van der Waals surface area (Å²) < 4.78 is 18.4. The van der Waals surface area contributed by atoms with Crippen molar-refractivity contribution in [3.63, 3.8) is 0 Å². The highest BCUT2D eigenvalue weighted by atomic mass is 32.1. The van der Waals surface area contributed by atoms with Gasteiger partial charge in [-0.3, -0.25) is 15.1 Å². The van der Waals surface area contributed by atoms with Crippen LogP contribution < -0.4 is 5.32 Å². The summed E-state index contributed by atoms with van der Waals surface area (Å²) in [4.78, 5) is 22.0. The molecule has 1 N–H and O–H groups in total. The Bertz CT molecular complexity index is 1110. The highest BCUT2D eigenvalue weighted by Crippen LogP contribution is 2.31. The number of aromatic nitrogens is 3. The summed E-state index contributed by atoms with van der Waals surface area (Å²) in [6.07, 6.45) is 1.70. The topological polar surface area (TPSA) is 80.9 Å². The van der Waals surface area contributed by atoms with E-state index in [0.717, 1.165) is 16.3 Å². The summed E-state index contributed by atoms with van der Waals surface area (Å²) in [5.41, 5.74) is 2.47. The van der Waals surface area contributed by atoms with Gasteiger partial charge in [0.2, 0.25) is 5.76 Å². The van der Waals surface area contributed by atoms with E-state index in [1.807, 2.05) is 25.1 Å². The van der Waals surface area contributed by atoms with Crippen LogP contribution in [0.3, 0.4) is 0 Å². The van der Waals surface area contributed by atoms with Crippen LogP contribution in [-0.2, 0) is 0 Å². The summed E-state index contributed by atoms with van der Waals surface area (Å²) in [5.74, 6) is -0.852. The first-order chi connectivity index (χ1) is 13.1. The molecule has 4 rings (SSSR count). The van der Waals surface area contributed by atoms with Gasteiger partial charge in [0.1, 0.15) is 11.5 Å². The van der Waals surface area contributed by atoms with Gasteiger partial charge in [-0.2, -0.15) is 0 Å². The van der Waals surface area contributed by atoms with Crippen LogP contribution in [0.25, 0.3) is 21.8 Å². The van der Waals surface area contributed by atoms with Gasteiger partial charge in [-0.15, -0.1) is 0 Å². The largest absolute Gasteiger partial charge is 0.350 e. The van der Waals surface area contributed by atoms with Gasteiger partial charge >= 0.3 is 0 Å². The number of nitrogens with zero attached hydrogens (tertiary/aromatic N) is 3. The molecule has 134 valence electrons. The molecular formula is C19H13FN4O2S. The molecule has 3 aromatic heterocycles. The summed E-state index contributed by atoms with van der Waals surface area (Å²) >= 11 is 1.32. The van der Waals surface area contributed by atoms with Gasteiger partial charge in [0, 0.05) is 17.8 Å². The maximum Gasteiger partial charge on any atom is 0.296 e. The third kappa shape index (κ3) is 3.61. The molecule has 1 aromatic carbocycles. The summed E-state index contributed by atoms with van der Waals surface area (Å²) in [7, 11) is 0. The van der Waals surface area contributed by atoms with E-state index in [2.05, 4.69) is 20.4 Å². The van der Waals surface area contributed by atoms with Crippen molar-refractivity contribution >= 4 is 22.4 Å². The fraction of sp³-hybridized carbons (Fsp3) is 0.0526. The van der Waals surface area contributed by atoms with Gasteiger partial charge in [-0.25, -0.2) is 9.37 Å². The minimum Gasteiger partial charge on any atom is -0.350 e. The first kappa shape index (κ1) is 17.0. The number of carbonyl (C=O) groups is 1. The lowest BCUT2D eigenvalue weighted by Crippen LogP contribution is -2.10. The zero-order valence-corrected chi connectivity index (χ0v) is 15.0. The van der Waals surface area contributed by atoms with Crippen molar-refractivity contribution in [1.29, 1.82) is 0 Å². The van der Waals surface area contributed by atoms with E-state index in [1.54, 1.807) is 18.3 Å². The van der Waals surface area contributed by atoms with Crippen molar-refractivity contribution in [2.45, 2.75) is 6.92 Å². The van der Waals surface area contributed by atoms with E-state index in [4.69, 9.17) is 4.52 Å². The van der Waals surface area contributed by atoms with E-state index >= 15 is 0 Å². The predicted molar refractivity (Wildman–Crippen MR) is 99.9 cm³/mol. The molecule has 27 heavy (non-hydrogen) atoms. The van der Waals surface area contributed by atoms with E-state index in [9.17, 15) is 9.18 Å². The number of hydrogen-bond acceptors (Lipinski definition) is 6. The van der Waals surface area contributed by atoms with Crippen molar-refractivity contribution in [1.82, 2.24) is 15.1 Å². The smallest absolute Gasteiger partial charge is 0.296 e. The number of nitrogens with one attached hydrogen (secondary N) is 1. The van der Waals surface area contributed by atoms with Crippen molar-refractivity contribution in [2.75, 3.05) is 5.32 Å². The Morgan fingerprint density at radius 2 is 2.04 bits per heavy atom. The zero-order valence-electron chi connectivity index (χ0n) is 14.1. The second kappa shape index (κ2) is 7.08. The fourth-order valence-electron chi connectivity index (χ4n) is 2.51. The van der Waals surface area contributed by atoms with Crippen LogP contribution in [0, 0.1) is 12.7 Å². The lowest BCUT2D eigenvalue weighted by molar-refractivity contribution is 0.0988. The molecule has 0 fully saturated rings. The van der Waals surface area contributed by atoms with Gasteiger partial charge in [0.25, 0.3) is 5.91 Å². The summed E-state index contributed by atoms with van der Waals surface area (Å²) in [6, 6.07) is 13.0. The Morgan fingerprint density at radius 1 is 1.15 bits per heavy atom. The van der Waals surface area contributed by atoms with Gasteiger partial charge in [-0.05, 0) is 31.2 Å². The third-order valence-corrected chi connectivity index (χ3v) is 4.86. The molecule has 0 unspecified atom stereocenters. The van der Waals surface area contributed by atoms with Crippen LogP contribution in [0.1, 0.15) is 16.2 Å². The predicted octanol–water partition coefficient (Wildman–Crippen LogP) is 4.56. The number of hydrogen-bond donors (Lipinski definition) is 1. The SMILES string of the molecule is Cc1nc(NC(=O)c2cc(-c3cccc(F)c3)no2)sc1-c1ccccn1. The number of amides is 1. The van der Waals surface area contributed by atoms with E-state index < -0.39 is 5.91 Å². The van der Waals surface area contributed by atoms with Crippen LogP contribution >= 0.6 is 11.3 Å². The molecule has 0 aliphatic rings. The first-order valence-corrected chi connectivity index (χ1v) is 8.84. The van der Waals surface area contributed by atoms with Crippen LogP contribution in [-0.4, -0.2) is 21.0 Å². The Labute approximate surface area is 157 Å². The Balaban J connectivity index is 1.53. The van der Waals surface area contributed by atoms with Crippen molar-refractivity contribution in [3.05, 3.63) is 72.0 Å². The number of carbonyl (C=O) groups excluding carboxylic acids is 1. The fourth-order valence-corrected chi connectivity index (χ4v) is 3.45. The van der Waals surface area contributed by atoms with Crippen LogP contribution in [0.15, 0.2) is 59.3 Å². The molecule has 0 bridgehead atoms. The highest BCUT2D eigenvalue weighted by molar-refractivity contribution is 7.19. The molecule has 8 heteroatoms. The molecule has 4 aromatic rings. The second-order valence-electron chi connectivity index (χ2n) is 5.69. The molecule has 0 atom stereocenters. The summed E-state index contributed by atoms with van der Waals surface area (Å²) in [5, 5.41) is 6.96. The Hall–Kier alpha value is -3.39. The number of halogens is 1. The molecule has 6 nitrogen and oxygen atoms in total. The molecule has 0 spiro atoms. The van der Waals surface area contributed by atoms with Crippen LogP contribution in [0.5, 0.6) is 0 Å². The molecule has 0 saturated carbocycles. The van der Waals surface area contributed by atoms with E-state index in [1.165, 1.54) is 29.5 Å². The zero-order chi connectivity index (χ0) is 18.8. The van der Waals surface area contributed by atoms with E-state index in [-0.39, 0.29) is 11.6 Å². The molecule has 1 amide bonds. The molecule has 0 radical (unpaired) electrons. The number of aryl methyl sites for hydroxylation is 1. The maximum atomic E-state index is 13.3. The minimum absolute atomic E-state index is 0.0153. The second-order valence-corrected chi connectivity index (χ2v) is 6.69. The first-order valence-electron chi connectivity index (χ1n) is 8.03. The summed E-state index contributed by atoms with van der Waals surface area (Å²) in [6.45, 7) is 1.85.